The van der Waals surface area contributed by atoms with Crippen LogP contribution < -0.4 is 0 Å². The Morgan fingerprint density at radius 3 is 1.25 bits per heavy atom. The van der Waals surface area contributed by atoms with E-state index in [-0.39, 0.29) is 0 Å². The number of rotatable bonds is 6. The fraction of sp³-hybridized carbons (Fsp3) is 0. The van der Waals surface area contributed by atoms with Crippen LogP contribution >= 0.6 is 0 Å². The zero-order valence-electron chi connectivity index (χ0n) is 32.8. The molecule has 12 aromatic rings. The molecule has 2 aromatic heterocycles. The van der Waals surface area contributed by atoms with Crippen LogP contribution in [0, 0.1) is 0 Å². The van der Waals surface area contributed by atoms with E-state index in [1.807, 2.05) is 0 Å². The van der Waals surface area contributed by atoms with Crippen LogP contribution in [-0.2, 0) is 0 Å². The topological polar surface area (TPSA) is 9.86 Å². The van der Waals surface area contributed by atoms with Gasteiger partial charge in [-0.25, -0.2) is 0 Å². The second-order valence-corrected chi connectivity index (χ2v) is 15.6. The number of nitrogens with zero attached hydrogens (tertiary/aromatic N) is 2. The van der Waals surface area contributed by atoms with Crippen LogP contribution in [-0.4, -0.2) is 9.13 Å². The van der Waals surface area contributed by atoms with Crippen molar-refractivity contribution in [1.29, 1.82) is 0 Å². The predicted octanol–water partition coefficient (Wildman–Crippen LogP) is 15.7. The molecular formula is C58H38N2. The molecule has 0 bridgehead atoms. The maximum absolute atomic E-state index is 2.52. The molecule has 12 rings (SSSR count). The molecule has 0 amide bonds. The van der Waals surface area contributed by atoms with Gasteiger partial charge in [-0.05, 0) is 85.3 Å². The van der Waals surface area contributed by atoms with Crippen LogP contribution in [0.2, 0.25) is 0 Å². The van der Waals surface area contributed by atoms with Crippen LogP contribution in [0.5, 0.6) is 0 Å². The van der Waals surface area contributed by atoms with E-state index in [9.17, 15) is 0 Å². The van der Waals surface area contributed by atoms with Gasteiger partial charge >= 0.3 is 0 Å². The highest BCUT2D eigenvalue weighted by molar-refractivity contribution is 6.23. The SMILES string of the molecule is c1ccc(-c2c3ccccc3c(-c3cccc(-n4c5ccccc5c5ccc6c(-c7ccccc7)c(-c7ccccc7)n(-c7ccccc7)c6c54)c3)c3ccccc23)cc1. The van der Waals surface area contributed by atoms with Crippen molar-refractivity contribution in [2.24, 2.45) is 0 Å². The minimum Gasteiger partial charge on any atom is -0.307 e. The third-order valence-corrected chi connectivity index (χ3v) is 12.3. The Bertz CT molecular complexity index is 3500. The highest BCUT2D eigenvalue weighted by atomic mass is 15.1. The van der Waals surface area contributed by atoms with E-state index in [1.165, 1.54) is 98.9 Å². The molecule has 0 aliphatic heterocycles. The van der Waals surface area contributed by atoms with Crippen LogP contribution in [0.1, 0.15) is 0 Å². The van der Waals surface area contributed by atoms with E-state index in [4.69, 9.17) is 0 Å². The van der Waals surface area contributed by atoms with Crippen LogP contribution in [0.15, 0.2) is 231 Å². The molecule has 0 N–H and O–H groups in total. The molecule has 0 radical (unpaired) electrons. The Hall–Kier alpha value is -7.94. The third-order valence-electron chi connectivity index (χ3n) is 12.3. The standard InChI is InChI=1S/C58H38N2/c1-5-20-39(21-6-1)53-46-31-13-15-33-48(46)54(49-34-16-14-32-47(49)53)42-26-19-29-44(38-42)59-52-35-18-17-30-45(52)50-36-37-51-55(40-22-7-2-8-23-40)56(41-24-9-3-10-25-41)60(58(51)57(50)59)43-27-11-4-12-28-43/h1-38H. The van der Waals surface area contributed by atoms with E-state index in [0.717, 1.165) is 11.4 Å². The number of aromatic nitrogens is 2. The van der Waals surface area contributed by atoms with Gasteiger partial charge in [0.2, 0.25) is 0 Å². The highest BCUT2D eigenvalue weighted by Gasteiger charge is 2.26. The largest absolute Gasteiger partial charge is 0.307 e. The molecule has 0 saturated heterocycles. The summed E-state index contributed by atoms with van der Waals surface area (Å²) in [6, 6.07) is 84.2. The first kappa shape index (κ1) is 34.1. The smallest absolute Gasteiger partial charge is 0.0789 e. The molecule has 0 aliphatic carbocycles. The second kappa shape index (κ2) is 13.9. The van der Waals surface area contributed by atoms with Crippen molar-refractivity contribution < 1.29 is 0 Å². The first-order valence-electron chi connectivity index (χ1n) is 20.7. The minimum atomic E-state index is 1.12. The summed E-state index contributed by atoms with van der Waals surface area (Å²) < 4.78 is 5.03. The van der Waals surface area contributed by atoms with Crippen molar-refractivity contribution in [3.05, 3.63) is 231 Å². The van der Waals surface area contributed by atoms with Crippen LogP contribution in [0.25, 0.3) is 110 Å². The van der Waals surface area contributed by atoms with E-state index < -0.39 is 0 Å². The highest BCUT2D eigenvalue weighted by Crippen LogP contribution is 2.48. The van der Waals surface area contributed by atoms with Crippen LogP contribution in [0.3, 0.4) is 0 Å². The Kier molecular flexibility index (Phi) is 7.89. The van der Waals surface area contributed by atoms with Gasteiger partial charge in [0.05, 0.1) is 22.2 Å². The molecule has 2 heteroatoms. The average Bonchev–Trinajstić information content (AvgIpc) is 3.85. The molecule has 0 saturated carbocycles. The molecule has 10 aromatic carbocycles. The maximum atomic E-state index is 2.52. The molecule has 60 heavy (non-hydrogen) atoms. The van der Waals surface area contributed by atoms with Crippen molar-refractivity contribution in [3.63, 3.8) is 0 Å². The van der Waals surface area contributed by atoms with E-state index in [0.29, 0.717) is 0 Å². The molecule has 2 nitrogen and oxygen atoms in total. The lowest BCUT2D eigenvalue weighted by molar-refractivity contribution is 1.12. The predicted molar refractivity (Wildman–Crippen MR) is 254 cm³/mol. The van der Waals surface area contributed by atoms with Gasteiger partial charge in [0.15, 0.2) is 0 Å². The molecule has 0 spiro atoms. The zero-order chi connectivity index (χ0) is 39.6. The Balaban J connectivity index is 1.22. The molecular weight excluding hydrogens is 725 g/mol. The summed E-state index contributed by atoms with van der Waals surface area (Å²) in [5.41, 5.74) is 15.5. The van der Waals surface area contributed by atoms with Crippen molar-refractivity contribution >= 4 is 54.3 Å². The van der Waals surface area contributed by atoms with E-state index >= 15 is 0 Å². The summed E-state index contributed by atoms with van der Waals surface area (Å²) in [5.74, 6) is 0. The van der Waals surface area contributed by atoms with Crippen molar-refractivity contribution in [2.45, 2.75) is 0 Å². The third kappa shape index (κ3) is 5.21. The van der Waals surface area contributed by atoms with Gasteiger partial charge in [-0.3, -0.25) is 0 Å². The number of hydrogen-bond acceptors (Lipinski definition) is 0. The summed E-state index contributed by atoms with van der Waals surface area (Å²) >= 11 is 0. The number of hydrogen-bond donors (Lipinski definition) is 0. The fourth-order valence-electron chi connectivity index (χ4n) is 9.85. The Morgan fingerprint density at radius 1 is 0.233 bits per heavy atom. The zero-order valence-corrected chi connectivity index (χ0v) is 32.8. The first-order valence-corrected chi connectivity index (χ1v) is 20.7. The van der Waals surface area contributed by atoms with Gasteiger partial charge in [-0.1, -0.05) is 200 Å². The van der Waals surface area contributed by atoms with Gasteiger partial charge in [-0.2, -0.15) is 0 Å². The maximum Gasteiger partial charge on any atom is 0.0789 e. The molecule has 280 valence electrons. The Labute approximate surface area is 348 Å². The van der Waals surface area contributed by atoms with Gasteiger partial charge in [-0.15, -0.1) is 0 Å². The van der Waals surface area contributed by atoms with Crippen molar-refractivity contribution in [1.82, 2.24) is 9.13 Å². The lowest BCUT2D eigenvalue weighted by Gasteiger charge is -2.19. The fourth-order valence-corrected chi connectivity index (χ4v) is 9.85. The summed E-state index contributed by atoms with van der Waals surface area (Å²) in [6.45, 7) is 0. The van der Waals surface area contributed by atoms with Gasteiger partial charge in [0.1, 0.15) is 0 Å². The van der Waals surface area contributed by atoms with E-state index in [1.54, 1.807) is 0 Å². The number of fused-ring (bicyclic) bond motifs is 7. The van der Waals surface area contributed by atoms with E-state index in [2.05, 4.69) is 240 Å². The lowest BCUT2D eigenvalue weighted by Crippen LogP contribution is -2.00. The van der Waals surface area contributed by atoms with Gasteiger partial charge in [0.25, 0.3) is 0 Å². The van der Waals surface area contributed by atoms with Crippen molar-refractivity contribution in [3.8, 4) is 56.0 Å². The molecule has 0 unspecified atom stereocenters. The normalized spacial score (nSPS) is 11.7. The molecule has 0 atom stereocenters. The number of benzene rings is 10. The van der Waals surface area contributed by atoms with Crippen LogP contribution in [0.4, 0.5) is 0 Å². The molecule has 0 aliphatic rings. The van der Waals surface area contributed by atoms with Gasteiger partial charge in [0, 0.05) is 33.1 Å². The lowest BCUT2D eigenvalue weighted by atomic mass is 9.86. The summed E-state index contributed by atoms with van der Waals surface area (Å²) in [7, 11) is 0. The first-order chi connectivity index (χ1) is 29.8. The van der Waals surface area contributed by atoms with Crippen molar-refractivity contribution in [2.75, 3.05) is 0 Å². The summed E-state index contributed by atoms with van der Waals surface area (Å²) in [5, 5.41) is 8.66. The average molecular weight is 763 g/mol. The minimum absolute atomic E-state index is 1.12. The monoisotopic (exact) mass is 762 g/mol. The number of para-hydroxylation sites is 2. The second-order valence-electron chi connectivity index (χ2n) is 15.6. The summed E-state index contributed by atoms with van der Waals surface area (Å²) in [4.78, 5) is 0. The summed E-state index contributed by atoms with van der Waals surface area (Å²) in [6.07, 6.45) is 0. The quantitative estimate of drug-likeness (QED) is 0.149. The van der Waals surface area contributed by atoms with Gasteiger partial charge < -0.3 is 9.13 Å². The molecule has 0 fully saturated rings. The Morgan fingerprint density at radius 2 is 0.650 bits per heavy atom. The molecule has 2 heterocycles.